The van der Waals surface area contributed by atoms with Crippen molar-refractivity contribution in [1.82, 2.24) is 16.0 Å². The molecule has 0 heterocycles. The lowest BCUT2D eigenvalue weighted by atomic mass is 10.1. The van der Waals surface area contributed by atoms with E-state index < -0.39 is 17.6 Å². The van der Waals surface area contributed by atoms with Gasteiger partial charge in [-0.1, -0.05) is 18.2 Å². The maximum absolute atomic E-state index is 13.2. The van der Waals surface area contributed by atoms with Crippen LogP contribution in [0.4, 0.5) is 22.0 Å². The Kier molecular flexibility index (Phi) is 10.7. The van der Waals surface area contributed by atoms with Gasteiger partial charge in [-0.05, 0) is 35.4 Å². The molecule has 170 valence electrons. The number of hydrogen-bond donors (Lipinski definition) is 3. The molecule has 0 spiro atoms. The molecule has 0 aromatic heterocycles. The summed E-state index contributed by atoms with van der Waals surface area (Å²) >= 11 is 0. The van der Waals surface area contributed by atoms with Crippen LogP contribution in [0.2, 0.25) is 0 Å². The van der Waals surface area contributed by atoms with Crippen molar-refractivity contribution in [2.45, 2.75) is 19.1 Å². The zero-order chi connectivity index (χ0) is 22.1. The minimum Gasteiger partial charge on any atom is -0.355 e. The van der Waals surface area contributed by atoms with E-state index in [4.69, 9.17) is 0 Å². The maximum atomic E-state index is 13.2. The molecule has 3 N–H and O–H groups in total. The molecule has 0 bridgehead atoms. The molecular formula is C20H22F5IN4O. The smallest absolute Gasteiger partial charge is 0.355 e. The molecule has 0 saturated heterocycles. The van der Waals surface area contributed by atoms with Gasteiger partial charge in [0.15, 0.2) is 5.96 Å². The van der Waals surface area contributed by atoms with E-state index in [1.54, 1.807) is 0 Å². The first-order chi connectivity index (χ1) is 14.2. The van der Waals surface area contributed by atoms with E-state index in [0.717, 1.165) is 12.1 Å². The number of carbonyl (C=O) groups is 1. The van der Waals surface area contributed by atoms with Gasteiger partial charge in [0.25, 0.3) is 0 Å². The van der Waals surface area contributed by atoms with Crippen molar-refractivity contribution < 1.29 is 26.7 Å². The molecule has 0 unspecified atom stereocenters. The standard InChI is InChI=1S/C20H21F5N4O.HI/c1-26-19(29-12-14-4-7-16(22)11-17(14)20(23,24)25)28-9-8-27-18(30)10-13-2-5-15(21)6-3-13;/h2-7,11H,8-10,12H2,1H3,(H,27,30)(H2,26,28,29);1H. The van der Waals surface area contributed by atoms with Gasteiger partial charge in [0.1, 0.15) is 11.6 Å². The number of nitrogens with one attached hydrogen (secondary N) is 3. The first kappa shape index (κ1) is 26.6. The van der Waals surface area contributed by atoms with Gasteiger partial charge < -0.3 is 16.0 Å². The van der Waals surface area contributed by atoms with Crippen LogP contribution in [0.1, 0.15) is 16.7 Å². The molecule has 1 amide bonds. The molecule has 0 radical (unpaired) electrons. The second kappa shape index (κ2) is 12.4. The number of rotatable bonds is 7. The monoisotopic (exact) mass is 556 g/mol. The molecule has 2 rings (SSSR count). The van der Waals surface area contributed by atoms with Crippen LogP contribution in [-0.4, -0.2) is 32.0 Å². The Morgan fingerprint density at radius 2 is 1.55 bits per heavy atom. The molecule has 0 aliphatic carbocycles. The van der Waals surface area contributed by atoms with Crippen LogP contribution >= 0.6 is 24.0 Å². The number of alkyl halides is 3. The number of guanidine groups is 1. The van der Waals surface area contributed by atoms with Gasteiger partial charge in [-0.25, -0.2) is 8.78 Å². The average molecular weight is 556 g/mol. The average Bonchev–Trinajstić information content (AvgIpc) is 2.69. The van der Waals surface area contributed by atoms with E-state index in [-0.39, 0.29) is 73.3 Å². The molecule has 2 aromatic carbocycles. The van der Waals surface area contributed by atoms with Crippen molar-refractivity contribution in [3.63, 3.8) is 0 Å². The summed E-state index contributed by atoms with van der Waals surface area (Å²) in [4.78, 5) is 15.8. The van der Waals surface area contributed by atoms with E-state index in [0.29, 0.717) is 11.6 Å². The Bertz CT molecular complexity index is 888. The van der Waals surface area contributed by atoms with E-state index in [1.165, 1.54) is 31.3 Å². The highest BCUT2D eigenvalue weighted by Gasteiger charge is 2.33. The van der Waals surface area contributed by atoms with E-state index in [1.807, 2.05) is 0 Å². The Labute approximate surface area is 193 Å². The van der Waals surface area contributed by atoms with Crippen molar-refractivity contribution in [2.75, 3.05) is 20.1 Å². The number of amides is 1. The highest BCUT2D eigenvalue weighted by Crippen LogP contribution is 2.32. The van der Waals surface area contributed by atoms with Crippen molar-refractivity contribution in [3.05, 3.63) is 70.8 Å². The van der Waals surface area contributed by atoms with Gasteiger partial charge in [-0.2, -0.15) is 13.2 Å². The van der Waals surface area contributed by atoms with Crippen molar-refractivity contribution in [2.24, 2.45) is 4.99 Å². The highest BCUT2D eigenvalue weighted by molar-refractivity contribution is 14.0. The third kappa shape index (κ3) is 9.07. The van der Waals surface area contributed by atoms with Gasteiger partial charge in [-0.3, -0.25) is 9.79 Å². The van der Waals surface area contributed by atoms with E-state index in [9.17, 15) is 26.7 Å². The summed E-state index contributed by atoms with van der Waals surface area (Å²) in [5.41, 5.74) is -0.517. The zero-order valence-electron chi connectivity index (χ0n) is 16.5. The van der Waals surface area contributed by atoms with Crippen LogP contribution in [0, 0.1) is 11.6 Å². The third-order valence-electron chi connectivity index (χ3n) is 4.06. The Hall–Kier alpha value is -2.44. The Morgan fingerprint density at radius 1 is 0.935 bits per heavy atom. The quantitative estimate of drug-likeness (QED) is 0.161. The number of halogens is 6. The Morgan fingerprint density at radius 3 is 2.16 bits per heavy atom. The van der Waals surface area contributed by atoms with Crippen LogP contribution in [0.5, 0.6) is 0 Å². The molecule has 0 fully saturated rings. The van der Waals surface area contributed by atoms with Crippen LogP contribution in [0.3, 0.4) is 0 Å². The van der Waals surface area contributed by atoms with Crippen LogP contribution in [0.25, 0.3) is 0 Å². The summed E-state index contributed by atoms with van der Waals surface area (Å²) in [5.74, 6) is -1.39. The molecule has 0 aliphatic heterocycles. The van der Waals surface area contributed by atoms with Crippen LogP contribution < -0.4 is 16.0 Å². The fraction of sp³-hybridized carbons (Fsp3) is 0.300. The lowest BCUT2D eigenvalue weighted by molar-refractivity contribution is -0.138. The van der Waals surface area contributed by atoms with E-state index in [2.05, 4.69) is 20.9 Å². The molecule has 2 aromatic rings. The number of benzene rings is 2. The summed E-state index contributed by atoms with van der Waals surface area (Å²) in [6, 6.07) is 8.04. The summed E-state index contributed by atoms with van der Waals surface area (Å²) in [5, 5.41) is 8.24. The fourth-order valence-corrected chi connectivity index (χ4v) is 2.60. The molecule has 0 aliphatic rings. The molecule has 5 nitrogen and oxygen atoms in total. The molecular weight excluding hydrogens is 534 g/mol. The predicted octanol–water partition coefficient (Wildman–Crippen LogP) is 3.63. The van der Waals surface area contributed by atoms with Crippen molar-refractivity contribution in [1.29, 1.82) is 0 Å². The summed E-state index contributed by atoms with van der Waals surface area (Å²) in [7, 11) is 1.44. The Balaban J connectivity index is 0.00000480. The summed E-state index contributed by atoms with van der Waals surface area (Å²) < 4.78 is 65.1. The zero-order valence-corrected chi connectivity index (χ0v) is 18.9. The summed E-state index contributed by atoms with van der Waals surface area (Å²) in [6.07, 6.45) is -4.58. The lowest BCUT2D eigenvalue weighted by Gasteiger charge is -2.16. The van der Waals surface area contributed by atoms with Crippen molar-refractivity contribution >= 4 is 35.8 Å². The molecule has 0 atom stereocenters. The second-order valence-electron chi connectivity index (χ2n) is 6.30. The van der Waals surface area contributed by atoms with Gasteiger partial charge in [0.2, 0.25) is 5.91 Å². The van der Waals surface area contributed by atoms with Gasteiger partial charge in [0.05, 0.1) is 12.0 Å². The number of hydrogen-bond acceptors (Lipinski definition) is 2. The first-order valence-corrected chi connectivity index (χ1v) is 9.00. The second-order valence-corrected chi connectivity index (χ2v) is 6.30. The molecule has 0 saturated carbocycles. The van der Waals surface area contributed by atoms with Crippen molar-refractivity contribution in [3.8, 4) is 0 Å². The predicted molar refractivity (Wildman–Crippen MR) is 118 cm³/mol. The maximum Gasteiger partial charge on any atom is 0.416 e. The highest BCUT2D eigenvalue weighted by atomic mass is 127. The van der Waals surface area contributed by atoms with Gasteiger partial charge in [-0.15, -0.1) is 24.0 Å². The minimum atomic E-state index is -4.68. The number of nitrogens with zero attached hydrogens (tertiary/aromatic N) is 1. The topological polar surface area (TPSA) is 65.5 Å². The molecule has 11 heteroatoms. The van der Waals surface area contributed by atoms with Gasteiger partial charge in [0, 0.05) is 26.7 Å². The van der Waals surface area contributed by atoms with Crippen LogP contribution in [-0.2, 0) is 23.9 Å². The summed E-state index contributed by atoms with van der Waals surface area (Å²) in [6.45, 7) is 0.293. The number of carbonyl (C=O) groups excluding carboxylic acids is 1. The van der Waals surface area contributed by atoms with Gasteiger partial charge >= 0.3 is 6.18 Å². The number of aliphatic imine (C=N–C) groups is 1. The molecule has 31 heavy (non-hydrogen) atoms. The fourth-order valence-electron chi connectivity index (χ4n) is 2.60. The lowest BCUT2D eigenvalue weighted by Crippen LogP contribution is -2.41. The third-order valence-corrected chi connectivity index (χ3v) is 4.06. The minimum absolute atomic E-state index is 0. The normalized spacial score (nSPS) is 11.5. The van der Waals surface area contributed by atoms with Crippen LogP contribution in [0.15, 0.2) is 47.5 Å². The largest absolute Gasteiger partial charge is 0.416 e. The first-order valence-electron chi connectivity index (χ1n) is 9.00. The SMILES string of the molecule is CN=C(NCCNC(=O)Cc1ccc(F)cc1)NCc1ccc(F)cc1C(F)(F)F.I. The van der Waals surface area contributed by atoms with E-state index >= 15 is 0 Å².